The molecule has 6 nitrogen and oxygen atoms in total. The quantitative estimate of drug-likeness (QED) is 0.454. The van der Waals surface area contributed by atoms with Gasteiger partial charge in [-0.15, -0.1) is 7.94 Å². The average Bonchev–Trinajstić information content (AvgIpc) is 2.20. The van der Waals surface area contributed by atoms with Gasteiger partial charge >= 0.3 is 0 Å². The highest BCUT2D eigenvalue weighted by Gasteiger charge is 2.31. The molecule has 1 N–H and O–H groups in total. The fraction of sp³-hybridized carbons (Fsp3) is 0.667. The van der Waals surface area contributed by atoms with E-state index in [1.165, 1.54) is 5.57 Å². The van der Waals surface area contributed by atoms with Crippen molar-refractivity contribution in [2.24, 2.45) is 0 Å². The maximum absolute atomic E-state index is 10.9. The van der Waals surface area contributed by atoms with Gasteiger partial charge in [0.2, 0.25) is 0 Å². The topological polar surface area (TPSA) is 136 Å². The summed E-state index contributed by atoms with van der Waals surface area (Å²) < 4.78 is 0. The largest absolute Gasteiger partial charge is 0.685 e. The second-order valence-corrected chi connectivity index (χ2v) is 8.89. The summed E-state index contributed by atoms with van der Waals surface area (Å²) in [6.45, 7) is 5.81. The van der Waals surface area contributed by atoms with Gasteiger partial charge in [0.05, 0.1) is 7.94 Å². The van der Waals surface area contributed by atoms with Crippen molar-refractivity contribution in [2.45, 2.75) is 51.9 Å². The molecule has 8 heteroatoms. The van der Waals surface area contributed by atoms with E-state index in [2.05, 4.69) is 6.08 Å². The van der Waals surface area contributed by atoms with Crippen molar-refractivity contribution in [2.75, 3.05) is 0 Å². The zero-order valence-electron chi connectivity index (χ0n) is 11.9. The number of allylic oxidation sites excluding steroid dienone is 4. The van der Waals surface area contributed by atoms with Crippen molar-refractivity contribution in [1.29, 1.82) is 0 Å². The second kappa shape index (κ2) is 8.52. The maximum Gasteiger partial charge on any atom is 0.168 e. The molecule has 0 aliphatic carbocycles. The lowest BCUT2D eigenvalue weighted by molar-refractivity contribution is -0.431. The third-order valence-electron chi connectivity index (χ3n) is 2.75. The van der Waals surface area contributed by atoms with Gasteiger partial charge < -0.3 is 24.5 Å². The van der Waals surface area contributed by atoms with Crippen LogP contribution >= 0.6 is 15.9 Å². The molecule has 0 aliphatic heterocycles. The van der Waals surface area contributed by atoms with E-state index in [1.807, 2.05) is 20.8 Å². The Balaban J connectivity index is 4.40. The SMILES string of the molecule is CC(C)=CCC/C(C)=C/CCC([P+]([O-])([O-])[O-])[P+]([O-])([O-])O. The van der Waals surface area contributed by atoms with Crippen LogP contribution in [-0.2, 0) is 0 Å². The highest BCUT2D eigenvalue weighted by atomic mass is 31.3. The van der Waals surface area contributed by atoms with Crippen LogP contribution < -0.4 is 24.5 Å². The average molecular weight is 323 g/mol. The van der Waals surface area contributed by atoms with E-state index in [1.54, 1.807) is 6.08 Å². The van der Waals surface area contributed by atoms with E-state index in [0.717, 1.165) is 18.4 Å². The van der Waals surface area contributed by atoms with Crippen LogP contribution in [0.4, 0.5) is 0 Å². The fourth-order valence-electron chi connectivity index (χ4n) is 1.67. The Morgan fingerprint density at radius 2 is 1.55 bits per heavy atom. The van der Waals surface area contributed by atoms with Crippen LogP contribution in [-0.4, -0.2) is 10.3 Å². The van der Waals surface area contributed by atoms with Crippen molar-refractivity contribution in [3.05, 3.63) is 23.3 Å². The predicted molar refractivity (Wildman–Crippen MR) is 71.5 cm³/mol. The van der Waals surface area contributed by atoms with Crippen molar-refractivity contribution in [3.8, 4) is 0 Å². The summed E-state index contributed by atoms with van der Waals surface area (Å²) in [5.74, 6) is 0. The van der Waals surface area contributed by atoms with E-state index >= 15 is 0 Å². The highest BCUT2D eigenvalue weighted by Crippen LogP contribution is 2.59. The number of hydrogen-bond donors (Lipinski definition) is 1. The summed E-state index contributed by atoms with van der Waals surface area (Å²) in [5.41, 5.74) is 2.18. The highest BCUT2D eigenvalue weighted by molar-refractivity contribution is 7.73. The normalized spacial score (nSPS) is 15.2. The van der Waals surface area contributed by atoms with Gasteiger partial charge in [0.25, 0.3) is 0 Å². The van der Waals surface area contributed by atoms with Crippen molar-refractivity contribution in [3.63, 3.8) is 0 Å². The molecule has 0 aromatic rings. The third-order valence-corrected chi connectivity index (χ3v) is 6.47. The molecule has 0 spiro atoms. The van der Waals surface area contributed by atoms with Crippen LogP contribution in [0.15, 0.2) is 23.3 Å². The lowest BCUT2D eigenvalue weighted by atomic mass is 10.1. The third kappa shape index (κ3) is 9.11. The Labute approximate surface area is 121 Å². The molecule has 0 saturated heterocycles. The molecule has 0 aromatic carbocycles. The van der Waals surface area contributed by atoms with E-state index in [9.17, 15) is 24.5 Å². The summed E-state index contributed by atoms with van der Waals surface area (Å²) >= 11 is 0. The Bertz CT molecular complexity index is 336. The first-order chi connectivity index (χ1) is 8.94. The zero-order chi connectivity index (χ0) is 16.0. The molecule has 0 rings (SSSR count). The van der Waals surface area contributed by atoms with Gasteiger partial charge in [-0.05, 0) is 40.0 Å². The smallest absolute Gasteiger partial charge is 0.168 e. The molecule has 0 fully saturated rings. The monoisotopic (exact) mass is 323 g/mol. The van der Waals surface area contributed by atoms with Gasteiger partial charge in [-0.1, -0.05) is 23.3 Å². The number of rotatable bonds is 8. The van der Waals surface area contributed by atoms with Gasteiger partial charge in [0.15, 0.2) is 5.40 Å². The van der Waals surface area contributed by atoms with Gasteiger partial charge in [-0.25, -0.2) is 0 Å². The Morgan fingerprint density at radius 3 is 1.95 bits per heavy atom. The van der Waals surface area contributed by atoms with Crippen molar-refractivity contribution < 1.29 is 29.4 Å². The predicted octanol–water partition coefficient (Wildman–Crippen LogP) is -0.896. The molecular weight excluding hydrogens is 302 g/mol. The summed E-state index contributed by atoms with van der Waals surface area (Å²) in [6, 6.07) is 0. The first-order valence-electron chi connectivity index (χ1n) is 6.28. The standard InChI is InChI=1S/C12H24O6P2/c1-10(2)6-4-7-11(3)8-5-9-12(19(13,14)15)20(16,17)18/h6,8,12H,4-5,7,9H2,1-3H3,(H2,13,14,15)(H2,16,17,18)/p-3/b11-8+. The summed E-state index contributed by atoms with van der Waals surface area (Å²) in [6.07, 6.45) is 5.07. The van der Waals surface area contributed by atoms with Crippen LogP contribution in [0, 0.1) is 0 Å². The molecule has 0 saturated carbocycles. The van der Waals surface area contributed by atoms with Crippen molar-refractivity contribution >= 4 is 15.9 Å². The molecular formula is C12H21O6P2-3. The van der Waals surface area contributed by atoms with E-state index in [0.29, 0.717) is 0 Å². The molecule has 0 amide bonds. The molecule has 0 aliphatic rings. The van der Waals surface area contributed by atoms with Gasteiger partial charge in [0.1, 0.15) is 0 Å². The van der Waals surface area contributed by atoms with E-state index in [4.69, 9.17) is 4.89 Å². The summed E-state index contributed by atoms with van der Waals surface area (Å²) in [7, 11) is -10.5. The molecule has 1 unspecified atom stereocenters. The van der Waals surface area contributed by atoms with Crippen LogP contribution in [0.25, 0.3) is 0 Å². The van der Waals surface area contributed by atoms with Gasteiger partial charge in [-0.2, -0.15) is 0 Å². The molecule has 118 valence electrons. The summed E-state index contributed by atoms with van der Waals surface area (Å²) in [5, 5.41) is -2.24. The maximum atomic E-state index is 10.9. The van der Waals surface area contributed by atoms with E-state index in [-0.39, 0.29) is 6.42 Å². The van der Waals surface area contributed by atoms with Crippen LogP contribution in [0.1, 0.15) is 46.5 Å². The van der Waals surface area contributed by atoms with Crippen LogP contribution in [0.2, 0.25) is 0 Å². The lowest BCUT2D eigenvalue weighted by Crippen LogP contribution is -2.46. The molecule has 0 heterocycles. The van der Waals surface area contributed by atoms with Crippen molar-refractivity contribution in [1.82, 2.24) is 0 Å². The Morgan fingerprint density at radius 1 is 1.00 bits per heavy atom. The van der Waals surface area contributed by atoms with Crippen LogP contribution in [0.5, 0.6) is 0 Å². The Kier molecular flexibility index (Phi) is 8.56. The minimum absolute atomic E-state index is 0.118. The van der Waals surface area contributed by atoms with Crippen LogP contribution in [0.3, 0.4) is 0 Å². The fourth-order valence-corrected chi connectivity index (χ4v) is 4.04. The minimum Gasteiger partial charge on any atom is -0.685 e. The van der Waals surface area contributed by atoms with Gasteiger partial charge in [0, 0.05) is 6.42 Å². The first-order valence-corrected chi connectivity index (χ1v) is 9.54. The molecule has 1 atom stereocenters. The molecule has 0 aromatic heterocycles. The molecule has 20 heavy (non-hydrogen) atoms. The zero-order valence-corrected chi connectivity index (χ0v) is 13.7. The molecule has 0 bridgehead atoms. The molecule has 0 radical (unpaired) electrons. The lowest BCUT2D eigenvalue weighted by Gasteiger charge is -2.52. The van der Waals surface area contributed by atoms with E-state index < -0.39 is 27.7 Å². The summed E-state index contributed by atoms with van der Waals surface area (Å²) in [4.78, 5) is 63.0. The van der Waals surface area contributed by atoms with Gasteiger partial charge in [-0.3, -0.25) is 4.89 Å². The second-order valence-electron chi connectivity index (χ2n) is 5.03. The Hall–Kier alpha value is 0.1000. The minimum atomic E-state index is -5.36. The number of hydrogen-bond acceptors (Lipinski definition) is 6. The first kappa shape index (κ1) is 20.1.